The number of hydrogen-bond donors (Lipinski definition) is 2. The number of aliphatic hydroxyl groups excluding tert-OH is 1. The van der Waals surface area contributed by atoms with Gasteiger partial charge in [0.15, 0.2) is 0 Å². The molecule has 16 heavy (non-hydrogen) atoms. The van der Waals surface area contributed by atoms with Crippen LogP contribution in [0.1, 0.15) is 12.2 Å². The van der Waals surface area contributed by atoms with Crippen molar-refractivity contribution in [3.8, 4) is 0 Å². The lowest BCUT2D eigenvalue weighted by atomic mass is 10.3. The number of likely N-dealkylation sites (tertiary alicyclic amines) is 1. The van der Waals surface area contributed by atoms with E-state index in [0.717, 1.165) is 18.7 Å². The summed E-state index contributed by atoms with van der Waals surface area (Å²) in [4.78, 5) is 13.5. The highest BCUT2D eigenvalue weighted by molar-refractivity contribution is 5.77. The van der Waals surface area contributed by atoms with E-state index in [1.165, 1.54) is 0 Å². The van der Waals surface area contributed by atoms with E-state index < -0.39 is 0 Å². The van der Waals surface area contributed by atoms with E-state index in [1.54, 1.807) is 12.3 Å². The molecular weight excluding hydrogens is 208 g/mol. The predicted molar refractivity (Wildman–Crippen MR) is 57.6 cm³/mol. The minimum atomic E-state index is -0.280. The molecule has 5 nitrogen and oxygen atoms in total. The largest absolute Gasteiger partial charge is 0.467 e. The number of carbonyl (C=O) groups is 1. The number of β-amino-alcohol motifs (C(OH)–C–C–N with tert-alkyl or cyclic N) is 1. The number of carbonyl (C=O) groups excluding carboxylic acids is 1. The van der Waals surface area contributed by atoms with Gasteiger partial charge in [-0.05, 0) is 18.6 Å². The van der Waals surface area contributed by atoms with Gasteiger partial charge in [0, 0.05) is 13.1 Å². The topological polar surface area (TPSA) is 65.7 Å². The predicted octanol–water partition coefficient (Wildman–Crippen LogP) is -0.0376. The van der Waals surface area contributed by atoms with Gasteiger partial charge in [-0.2, -0.15) is 0 Å². The molecule has 1 aliphatic rings. The molecule has 0 aromatic carbocycles. The Morgan fingerprint density at radius 1 is 1.69 bits per heavy atom. The average molecular weight is 224 g/mol. The van der Waals surface area contributed by atoms with Gasteiger partial charge in [0.1, 0.15) is 5.76 Å². The third kappa shape index (κ3) is 3.08. The first-order valence-electron chi connectivity index (χ1n) is 5.43. The first-order valence-corrected chi connectivity index (χ1v) is 5.43. The van der Waals surface area contributed by atoms with E-state index in [1.807, 2.05) is 11.0 Å². The third-order valence-corrected chi connectivity index (χ3v) is 2.65. The first-order chi connectivity index (χ1) is 7.74. The molecule has 88 valence electrons. The van der Waals surface area contributed by atoms with Crippen LogP contribution in [0.4, 0.5) is 0 Å². The number of hydrogen-bond acceptors (Lipinski definition) is 4. The SMILES string of the molecule is O=C(CN1CCC(O)C1)NCc1ccco1. The van der Waals surface area contributed by atoms with E-state index in [-0.39, 0.29) is 12.0 Å². The van der Waals surface area contributed by atoms with E-state index in [2.05, 4.69) is 5.32 Å². The van der Waals surface area contributed by atoms with Gasteiger partial charge in [-0.1, -0.05) is 0 Å². The van der Waals surface area contributed by atoms with Crippen molar-refractivity contribution in [1.82, 2.24) is 10.2 Å². The van der Waals surface area contributed by atoms with Crippen molar-refractivity contribution in [3.63, 3.8) is 0 Å². The van der Waals surface area contributed by atoms with Crippen LogP contribution in [0, 0.1) is 0 Å². The molecule has 1 aromatic heterocycles. The van der Waals surface area contributed by atoms with E-state index >= 15 is 0 Å². The summed E-state index contributed by atoms with van der Waals surface area (Å²) in [5, 5.41) is 12.1. The van der Waals surface area contributed by atoms with Crippen LogP contribution in [0.15, 0.2) is 22.8 Å². The van der Waals surface area contributed by atoms with Gasteiger partial charge in [0.25, 0.3) is 0 Å². The fraction of sp³-hybridized carbons (Fsp3) is 0.545. The molecule has 1 fully saturated rings. The van der Waals surface area contributed by atoms with Crippen LogP contribution in [0.5, 0.6) is 0 Å². The average Bonchev–Trinajstić information content (AvgIpc) is 2.87. The van der Waals surface area contributed by atoms with E-state index in [9.17, 15) is 9.90 Å². The molecule has 0 spiro atoms. The molecule has 0 aliphatic carbocycles. The van der Waals surface area contributed by atoms with Crippen molar-refractivity contribution in [1.29, 1.82) is 0 Å². The smallest absolute Gasteiger partial charge is 0.234 e. The summed E-state index contributed by atoms with van der Waals surface area (Å²) in [6.07, 6.45) is 2.06. The maximum Gasteiger partial charge on any atom is 0.234 e. The summed E-state index contributed by atoms with van der Waals surface area (Å²) in [7, 11) is 0. The van der Waals surface area contributed by atoms with Crippen LogP contribution in [0.3, 0.4) is 0 Å². The number of nitrogens with zero attached hydrogens (tertiary/aromatic N) is 1. The van der Waals surface area contributed by atoms with Crippen LogP contribution in [0.25, 0.3) is 0 Å². The molecule has 2 N–H and O–H groups in total. The summed E-state index contributed by atoms with van der Waals surface area (Å²) in [6.45, 7) is 2.14. The summed E-state index contributed by atoms with van der Waals surface area (Å²) >= 11 is 0. The Labute approximate surface area is 94.0 Å². The maximum absolute atomic E-state index is 11.5. The molecule has 0 radical (unpaired) electrons. The Kier molecular flexibility index (Phi) is 3.58. The zero-order valence-corrected chi connectivity index (χ0v) is 9.06. The second-order valence-electron chi connectivity index (χ2n) is 4.03. The second kappa shape index (κ2) is 5.14. The monoisotopic (exact) mass is 224 g/mol. The molecule has 5 heteroatoms. The highest BCUT2D eigenvalue weighted by atomic mass is 16.3. The van der Waals surface area contributed by atoms with Crippen molar-refractivity contribution in [2.45, 2.75) is 19.1 Å². The molecule has 0 bridgehead atoms. The third-order valence-electron chi connectivity index (χ3n) is 2.65. The number of furan rings is 1. The van der Waals surface area contributed by atoms with Gasteiger partial charge in [0.2, 0.25) is 5.91 Å². The Hall–Kier alpha value is -1.33. The zero-order valence-electron chi connectivity index (χ0n) is 9.06. The van der Waals surface area contributed by atoms with Gasteiger partial charge in [-0.3, -0.25) is 9.69 Å². The normalized spacial score (nSPS) is 21.2. The maximum atomic E-state index is 11.5. The minimum absolute atomic E-state index is 0.0366. The summed E-state index contributed by atoms with van der Waals surface area (Å²) in [5.41, 5.74) is 0. The van der Waals surface area contributed by atoms with Crippen LogP contribution in [-0.4, -0.2) is 41.7 Å². The minimum Gasteiger partial charge on any atom is -0.467 e. The zero-order chi connectivity index (χ0) is 11.4. The fourth-order valence-corrected chi connectivity index (χ4v) is 1.81. The van der Waals surface area contributed by atoms with E-state index in [0.29, 0.717) is 19.6 Å². The fourth-order valence-electron chi connectivity index (χ4n) is 1.81. The van der Waals surface area contributed by atoms with E-state index in [4.69, 9.17) is 4.42 Å². The summed E-state index contributed by atoms with van der Waals surface area (Å²) in [6, 6.07) is 3.61. The summed E-state index contributed by atoms with van der Waals surface area (Å²) < 4.78 is 5.10. The number of amides is 1. The van der Waals surface area contributed by atoms with Crippen LogP contribution < -0.4 is 5.32 Å². The Morgan fingerprint density at radius 2 is 2.56 bits per heavy atom. The molecule has 1 atom stereocenters. The number of rotatable bonds is 4. The van der Waals surface area contributed by atoms with Crippen LogP contribution in [-0.2, 0) is 11.3 Å². The van der Waals surface area contributed by atoms with Gasteiger partial charge in [-0.15, -0.1) is 0 Å². The van der Waals surface area contributed by atoms with Crippen molar-refractivity contribution in [2.24, 2.45) is 0 Å². The molecule has 1 unspecified atom stereocenters. The quantitative estimate of drug-likeness (QED) is 0.753. The number of nitrogens with one attached hydrogen (secondary N) is 1. The van der Waals surface area contributed by atoms with Crippen molar-refractivity contribution >= 4 is 5.91 Å². The lowest BCUT2D eigenvalue weighted by molar-refractivity contribution is -0.122. The summed E-state index contributed by atoms with van der Waals surface area (Å²) in [5.74, 6) is 0.709. The molecule has 1 aromatic rings. The van der Waals surface area contributed by atoms with Gasteiger partial charge in [0.05, 0.1) is 25.5 Å². The lowest BCUT2D eigenvalue weighted by Crippen LogP contribution is -2.36. The number of aliphatic hydroxyl groups is 1. The van der Waals surface area contributed by atoms with Crippen LogP contribution in [0.2, 0.25) is 0 Å². The van der Waals surface area contributed by atoms with Crippen molar-refractivity contribution in [2.75, 3.05) is 19.6 Å². The first kappa shape index (κ1) is 11.2. The lowest BCUT2D eigenvalue weighted by Gasteiger charge is -2.13. The van der Waals surface area contributed by atoms with Gasteiger partial charge < -0.3 is 14.8 Å². The molecule has 1 saturated heterocycles. The van der Waals surface area contributed by atoms with Gasteiger partial charge in [-0.25, -0.2) is 0 Å². The molecule has 0 saturated carbocycles. The molecular formula is C11H16N2O3. The molecule has 2 heterocycles. The van der Waals surface area contributed by atoms with Crippen molar-refractivity contribution in [3.05, 3.63) is 24.2 Å². The molecule has 1 amide bonds. The van der Waals surface area contributed by atoms with Gasteiger partial charge >= 0.3 is 0 Å². The second-order valence-corrected chi connectivity index (χ2v) is 4.03. The van der Waals surface area contributed by atoms with Crippen molar-refractivity contribution < 1.29 is 14.3 Å². The molecule has 2 rings (SSSR count). The Bertz CT molecular complexity index is 337. The van der Waals surface area contributed by atoms with Crippen LogP contribution >= 0.6 is 0 Å². The Balaban J connectivity index is 1.68. The highest BCUT2D eigenvalue weighted by Gasteiger charge is 2.21. The highest BCUT2D eigenvalue weighted by Crippen LogP contribution is 2.07. The molecule has 1 aliphatic heterocycles. The Morgan fingerprint density at radius 3 is 3.19 bits per heavy atom. The standard InChI is InChI=1S/C11H16N2O3/c14-9-3-4-13(7-9)8-11(15)12-6-10-2-1-5-16-10/h1-2,5,9,14H,3-4,6-8H2,(H,12,15).